The van der Waals surface area contributed by atoms with E-state index >= 15 is 0 Å². The Morgan fingerprint density at radius 3 is 2.92 bits per heavy atom. The van der Waals surface area contributed by atoms with Gasteiger partial charge in [-0.25, -0.2) is 9.97 Å². The second-order valence-electron chi connectivity index (χ2n) is 7.59. The third-order valence-corrected chi connectivity index (χ3v) is 5.98. The van der Waals surface area contributed by atoms with Gasteiger partial charge in [0, 0.05) is 49.3 Å². The van der Waals surface area contributed by atoms with Crippen LogP contribution in [0.1, 0.15) is 24.8 Å². The van der Waals surface area contributed by atoms with Gasteiger partial charge in [-0.05, 0) is 61.4 Å². The lowest BCUT2D eigenvalue weighted by Crippen LogP contribution is -2.49. The van der Waals surface area contributed by atoms with Crippen molar-refractivity contribution in [2.24, 2.45) is 5.92 Å². The number of nitrogens with one attached hydrogen (secondary N) is 2. The predicted molar refractivity (Wildman–Crippen MR) is 101 cm³/mol. The largest absolute Gasteiger partial charge is 0.384 e. The van der Waals surface area contributed by atoms with Gasteiger partial charge in [0.2, 0.25) is 5.95 Å². The van der Waals surface area contributed by atoms with E-state index in [0.717, 1.165) is 30.4 Å². The molecule has 0 aliphatic carbocycles. The maximum Gasteiger partial charge on any atom is 0.222 e. The van der Waals surface area contributed by atoms with Crippen molar-refractivity contribution in [3.05, 3.63) is 36.2 Å². The molecule has 1 aromatic carbocycles. The Bertz CT molecular complexity index is 757. The van der Waals surface area contributed by atoms with Gasteiger partial charge in [0.1, 0.15) is 0 Å². The van der Waals surface area contributed by atoms with Crippen molar-refractivity contribution in [3.8, 4) is 11.1 Å². The number of nitrogens with zero attached hydrogens (tertiary/aromatic N) is 3. The van der Waals surface area contributed by atoms with Crippen LogP contribution in [0.5, 0.6) is 0 Å². The van der Waals surface area contributed by atoms with Gasteiger partial charge in [0.05, 0.1) is 0 Å². The molecular formula is C20H25N5. The van der Waals surface area contributed by atoms with Crippen LogP contribution in [0.25, 0.3) is 11.1 Å². The summed E-state index contributed by atoms with van der Waals surface area (Å²) in [6, 6.07) is 7.11. The standard InChI is InChI=1S/C20H25N5/c1-2-16-13-25(8-1)9-6-19(16)24-20-22-11-17(12-23-20)14-3-4-18-15(10-14)5-7-21-18/h3-4,10-12,16,19,21H,1-2,5-9,13H2,(H,22,23,24). The van der Waals surface area contributed by atoms with E-state index in [4.69, 9.17) is 0 Å². The zero-order valence-electron chi connectivity index (χ0n) is 14.5. The number of fused-ring (bicyclic) bond motifs is 3. The second-order valence-corrected chi connectivity index (χ2v) is 7.59. The Labute approximate surface area is 148 Å². The Hall–Kier alpha value is -2.14. The minimum absolute atomic E-state index is 0.522. The molecule has 5 heteroatoms. The maximum atomic E-state index is 4.60. The lowest BCUT2D eigenvalue weighted by molar-refractivity contribution is 0.113. The molecule has 3 aliphatic heterocycles. The Morgan fingerprint density at radius 2 is 2.00 bits per heavy atom. The number of hydrogen-bond acceptors (Lipinski definition) is 5. The van der Waals surface area contributed by atoms with E-state index in [-0.39, 0.29) is 0 Å². The van der Waals surface area contributed by atoms with Gasteiger partial charge >= 0.3 is 0 Å². The van der Waals surface area contributed by atoms with Crippen molar-refractivity contribution in [2.75, 3.05) is 36.8 Å². The van der Waals surface area contributed by atoms with Gasteiger partial charge in [-0.3, -0.25) is 0 Å². The monoisotopic (exact) mass is 335 g/mol. The molecule has 2 fully saturated rings. The molecule has 2 bridgehead atoms. The van der Waals surface area contributed by atoms with E-state index in [0.29, 0.717) is 6.04 Å². The van der Waals surface area contributed by atoms with Crippen molar-refractivity contribution in [3.63, 3.8) is 0 Å². The highest BCUT2D eigenvalue weighted by atomic mass is 15.2. The van der Waals surface area contributed by atoms with Gasteiger partial charge in [0.15, 0.2) is 0 Å². The van der Waals surface area contributed by atoms with E-state index in [1.807, 2.05) is 12.4 Å². The predicted octanol–water partition coefficient (Wildman–Crippen LogP) is 3.01. The molecule has 2 saturated heterocycles. The van der Waals surface area contributed by atoms with Crippen molar-refractivity contribution in [1.29, 1.82) is 0 Å². The molecule has 3 aliphatic rings. The summed E-state index contributed by atoms with van der Waals surface area (Å²) in [6.45, 7) is 4.76. The van der Waals surface area contributed by atoms with Crippen molar-refractivity contribution >= 4 is 11.6 Å². The van der Waals surface area contributed by atoms with E-state index in [2.05, 4.69) is 43.7 Å². The average Bonchev–Trinajstić information content (AvgIpc) is 3.13. The molecule has 25 heavy (non-hydrogen) atoms. The molecule has 2 N–H and O–H groups in total. The van der Waals surface area contributed by atoms with Gasteiger partial charge in [-0.15, -0.1) is 0 Å². The minimum atomic E-state index is 0.522. The fourth-order valence-corrected chi connectivity index (χ4v) is 4.57. The molecule has 5 nitrogen and oxygen atoms in total. The quantitative estimate of drug-likeness (QED) is 0.903. The summed E-state index contributed by atoms with van der Waals surface area (Å²) in [4.78, 5) is 11.8. The fourth-order valence-electron chi connectivity index (χ4n) is 4.57. The van der Waals surface area contributed by atoms with E-state index < -0.39 is 0 Å². The summed E-state index contributed by atoms with van der Waals surface area (Å²) < 4.78 is 0. The van der Waals surface area contributed by atoms with E-state index in [1.165, 1.54) is 55.7 Å². The smallest absolute Gasteiger partial charge is 0.222 e. The number of piperidine rings is 2. The first-order valence-corrected chi connectivity index (χ1v) is 9.53. The molecule has 0 spiro atoms. The van der Waals surface area contributed by atoms with E-state index in [1.54, 1.807) is 0 Å². The van der Waals surface area contributed by atoms with E-state index in [9.17, 15) is 0 Å². The molecule has 130 valence electrons. The lowest BCUT2D eigenvalue weighted by Gasteiger charge is -2.42. The summed E-state index contributed by atoms with van der Waals surface area (Å²) in [5, 5.41) is 7.00. The molecule has 5 rings (SSSR count). The number of hydrogen-bond donors (Lipinski definition) is 2. The molecular weight excluding hydrogens is 310 g/mol. The molecule has 0 amide bonds. The normalized spacial score (nSPS) is 27.4. The minimum Gasteiger partial charge on any atom is -0.384 e. The van der Waals surface area contributed by atoms with Crippen molar-refractivity contribution in [1.82, 2.24) is 14.9 Å². The lowest BCUT2D eigenvalue weighted by atomic mass is 9.85. The molecule has 2 aromatic rings. The van der Waals surface area contributed by atoms with Crippen LogP contribution in [0.2, 0.25) is 0 Å². The van der Waals surface area contributed by atoms with Crippen LogP contribution >= 0.6 is 0 Å². The first-order chi connectivity index (χ1) is 12.3. The van der Waals surface area contributed by atoms with Crippen LogP contribution in [0.4, 0.5) is 11.6 Å². The highest BCUT2D eigenvalue weighted by Crippen LogP contribution is 2.30. The zero-order valence-corrected chi connectivity index (χ0v) is 14.5. The van der Waals surface area contributed by atoms with Gasteiger partial charge < -0.3 is 15.5 Å². The summed E-state index contributed by atoms with van der Waals surface area (Å²) in [5.41, 5.74) is 4.95. The first kappa shape index (κ1) is 15.1. The maximum absolute atomic E-state index is 4.60. The fraction of sp³-hybridized carbons (Fsp3) is 0.500. The topological polar surface area (TPSA) is 53.1 Å². The highest BCUT2D eigenvalue weighted by molar-refractivity contribution is 5.69. The van der Waals surface area contributed by atoms with Crippen LogP contribution in [0, 0.1) is 5.92 Å². The third-order valence-electron chi connectivity index (χ3n) is 5.98. The summed E-state index contributed by atoms with van der Waals surface area (Å²) >= 11 is 0. The summed E-state index contributed by atoms with van der Waals surface area (Å²) in [6.07, 6.45) is 8.87. The molecule has 3 unspecified atom stereocenters. The van der Waals surface area contributed by atoms with Gasteiger partial charge in [0.25, 0.3) is 0 Å². The van der Waals surface area contributed by atoms with Crippen LogP contribution in [0.15, 0.2) is 30.6 Å². The number of benzene rings is 1. The van der Waals surface area contributed by atoms with Crippen LogP contribution in [-0.4, -0.2) is 47.1 Å². The van der Waals surface area contributed by atoms with Crippen LogP contribution in [0.3, 0.4) is 0 Å². The first-order valence-electron chi connectivity index (χ1n) is 9.53. The summed E-state index contributed by atoms with van der Waals surface area (Å²) in [5.74, 6) is 1.52. The van der Waals surface area contributed by atoms with Crippen molar-refractivity contribution in [2.45, 2.75) is 31.7 Å². The molecule has 0 saturated carbocycles. The molecule has 0 radical (unpaired) electrons. The summed E-state index contributed by atoms with van der Waals surface area (Å²) in [7, 11) is 0. The van der Waals surface area contributed by atoms with Crippen LogP contribution in [-0.2, 0) is 6.42 Å². The molecule has 3 atom stereocenters. The SMILES string of the molecule is c1cc2c(cc1-c1cnc(NC3CCN4CCCC3C4)nc1)CCN2. The van der Waals surface area contributed by atoms with Crippen LogP contribution < -0.4 is 10.6 Å². The van der Waals surface area contributed by atoms with Gasteiger partial charge in [-0.2, -0.15) is 0 Å². The Balaban J connectivity index is 1.30. The zero-order chi connectivity index (χ0) is 16.6. The highest BCUT2D eigenvalue weighted by Gasteiger charge is 2.32. The second kappa shape index (κ2) is 6.30. The average molecular weight is 335 g/mol. The Kier molecular flexibility index (Phi) is 3.82. The number of anilines is 2. The molecule has 4 heterocycles. The van der Waals surface area contributed by atoms with Crippen molar-refractivity contribution < 1.29 is 0 Å². The number of rotatable bonds is 3. The molecule has 1 aromatic heterocycles. The number of aromatic nitrogens is 2. The van der Waals surface area contributed by atoms with Gasteiger partial charge in [-0.1, -0.05) is 6.07 Å². The Morgan fingerprint density at radius 1 is 1.08 bits per heavy atom. The third kappa shape index (κ3) is 2.97.